The molecule has 0 saturated heterocycles. The first kappa shape index (κ1) is 15.4. The zero-order valence-corrected chi connectivity index (χ0v) is 13.2. The van der Waals surface area contributed by atoms with E-state index in [1.807, 2.05) is 12.1 Å². The van der Waals surface area contributed by atoms with Gasteiger partial charge < -0.3 is 4.74 Å². The van der Waals surface area contributed by atoms with Crippen molar-refractivity contribution in [2.75, 3.05) is 28.3 Å². The summed E-state index contributed by atoms with van der Waals surface area (Å²) in [5, 5.41) is 0. The van der Waals surface area contributed by atoms with Crippen LogP contribution in [0.4, 0.5) is 0 Å². The van der Waals surface area contributed by atoms with Gasteiger partial charge in [-0.2, -0.15) is 17.0 Å². The zero-order valence-electron chi connectivity index (χ0n) is 10.8. The number of ether oxygens (including phenoxy) is 1. The van der Waals surface area contributed by atoms with Crippen molar-refractivity contribution < 1.29 is 13.2 Å². The third kappa shape index (κ3) is 3.44. The normalized spacial score (nSPS) is 12.2. The number of halogens is 1. The Morgan fingerprint density at radius 1 is 1.28 bits per heavy atom. The Balaban J connectivity index is 3.01. The highest BCUT2D eigenvalue weighted by atomic mass is 79.9. The molecule has 0 bridgehead atoms. The summed E-state index contributed by atoms with van der Waals surface area (Å²) in [5.74, 6) is 0.666. The van der Waals surface area contributed by atoms with Crippen LogP contribution in [0.1, 0.15) is 5.56 Å². The fourth-order valence-electron chi connectivity index (χ4n) is 1.47. The number of methoxy groups -OCH3 is 1. The Hall–Kier alpha value is -0.630. The first-order chi connectivity index (χ1) is 8.28. The minimum Gasteiger partial charge on any atom is -0.496 e. The summed E-state index contributed by atoms with van der Waals surface area (Å²) < 4.78 is 32.4. The maximum atomic E-state index is 11.9. The van der Waals surface area contributed by atoms with Gasteiger partial charge in [0.25, 0.3) is 10.2 Å². The summed E-state index contributed by atoms with van der Waals surface area (Å²) in [6, 6.07) is 5.50. The van der Waals surface area contributed by atoms with Crippen LogP contribution in [-0.2, 0) is 16.8 Å². The van der Waals surface area contributed by atoms with E-state index >= 15 is 0 Å². The Labute approximate surface area is 117 Å². The van der Waals surface area contributed by atoms with Crippen molar-refractivity contribution in [1.29, 1.82) is 0 Å². The van der Waals surface area contributed by atoms with E-state index < -0.39 is 10.2 Å². The lowest BCUT2D eigenvalue weighted by Gasteiger charge is -2.22. The van der Waals surface area contributed by atoms with Crippen LogP contribution in [0.25, 0.3) is 0 Å². The van der Waals surface area contributed by atoms with Crippen molar-refractivity contribution in [3.8, 4) is 5.75 Å². The number of benzene rings is 1. The fourth-order valence-corrected chi connectivity index (χ4v) is 2.74. The highest BCUT2D eigenvalue weighted by Crippen LogP contribution is 2.24. The third-order valence-electron chi connectivity index (χ3n) is 2.49. The molecule has 0 amide bonds. The van der Waals surface area contributed by atoms with Crippen LogP contribution in [0.3, 0.4) is 0 Å². The van der Waals surface area contributed by atoms with Gasteiger partial charge in [0.1, 0.15) is 5.75 Å². The molecule has 7 heteroatoms. The van der Waals surface area contributed by atoms with Crippen molar-refractivity contribution >= 4 is 26.1 Å². The van der Waals surface area contributed by atoms with E-state index in [0.29, 0.717) is 5.75 Å². The first-order valence-electron chi connectivity index (χ1n) is 5.25. The van der Waals surface area contributed by atoms with E-state index in [2.05, 4.69) is 15.9 Å². The van der Waals surface area contributed by atoms with Gasteiger partial charge in [-0.05, 0) is 18.2 Å². The molecule has 0 fully saturated rings. The second kappa shape index (κ2) is 6.01. The third-order valence-corrected chi connectivity index (χ3v) is 4.82. The summed E-state index contributed by atoms with van der Waals surface area (Å²) in [6.45, 7) is 0.253. The van der Waals surface area contributed by atoms with Gasteiger partial charge in [-0.3, -0.25) is 0 Å². The van der Waals surface area contributed by atoms with Crippen LogP contribution in [-0.4, -0.2) is 45.3 Å². The molecule has 1 rings (SSSR count). The molecule has 0 unspecified atom stereocenters. The molecule has 0 aliphatic carbocycles. The smallest absolute Gasteiger partial charge is 0.281 e. The quantitative estimate of drug-likeness (QED) is 0.822. The van der Waals surface area contributed by atoms with Crippen LogP contribution >= 0.6 is 15.9 Å². The molecule has 5 nitrogen and oxygen atoms in total. The molecular formula is C11H17BrN2O3S. The summed E-state index contributed by atoms with van der Waals surface area (Å²) >= 11 is 3.36. The van der Waals surface area contributed by atoms with Gasteiger partial charge in [-0.1, -0.05) is 15.9 Å². The number of hydrogen-bond donors (Lipinski definition) is 0. The Kier molecular flexibility index (Phi) is 5.15. The number of rotatable bonds is 5. The summed E-state index contributed by atoms with van der Waals surface area (Å²) in [5.41, 5.74) is 0.805. The molecule has 0 atom stereocenters. The Morgan fingerprint density at radius 2 is 1.89 bits per heavy atom. The first-order valence-corrected chi connectivity index (χ1v) is 7.44. The lowest BCUT2D eigenvalue weighted by molar-refractivity contribution is 0.387. The lowest BCUT2D eigenvalue weighted by atomic mass is 10.2. The van der Waals surface area contributed by atoms with Gasteiger partial charge >= 0.3 is 0 Å². The highest BCUT2D eigenvalue weighted by molar-refractivity contribution is 9.10. The number of hydrogen-bond acceptors (Lipinski definition) is 3. The molecule has 18 heavy (non-hydrogen) atoms. The van der Waals surface area contributed by atoms with Crippen molar-refractivity contribution in [2.45, 2.75) is 6.54 Å². The molecule has 0 N–H and O–H groups in total. The van der Waals surface area contributed by atoms with E-state index in [-0.39, 0.29) is 6.54 Å². The van der Waals surface area contributed by atoms with Gasteiger partial charge in [0.05, 0.1) is 7.11 Å². The van der Waals surface area contributed by atoms with Crippen molar-refractivity contribution in [3.05, 3.63) is 28.2 Å². The zero-order chi connectivity index (χ0) is 13.9. The molecule has 0 aromatic heterocycles. The van der Waals surface area contributed by atoms with Crippen molar-refractivity contribution in [2.24, 2.45) is 0 Å². The van der Waals surface area contributed by atoms with Crippen molar-refractivity contribution in [3.63, 3.8) is 0 Å². The largest absolute Gasteiger partial charge is 0.496 e. The van der Waals surface area contributed by atoms with Gasteiger partial charge in [-0.15, -0.1) is 0 Å². The van der Waals surface area contributed by atoms with Crippen LogP contribution in [0.15, 0.2) is 22.7 Å². The number of nitrogens with zero attached hydrogens (tertiary/aromatic N) is 2. The van der Waals surface area contributed by atoms with Crippen LogP contribution in [0, 0.1) is 0 Å². The van der Waals surface area contributed by atoms with Crippen LogP contribution < -0.4 is 4.74 Å². The molecule has 0 spiro atoms. The molecule has 1 aromatic rings. The summed E-state index contributed by atoms with van der Waals surface area (Å²) in [7, 11) is 2.69. The minimum atomic E-state index is -3.42. The molecular weight excluding hydrogens is 320 g/mol. The Morgan fingerprint density at radius 3 is 2.39 bits per heavy atom. The summed E-state index contributed by atoms with van der Waals surface area (Å²) in [6.07, 6.45) is 0. The predicted molar refractivity (Wildman–Crippen MR) is 74.8 cm³/mol. The average molecular weight is 337 g/mol. The average Bonchev–Trinajstić information content (AvgIpc) is 2.29. The Bertz CT molecular complexity index is 517. The molecule has 0 aliphatic heterocycles. The highest BCUT2D eigenvalue weighted by Gasteiger charge is 2.21. The van der Waals surface area contributed by atoms with E-state index in [1.54, 1.807) is 13.2 Å². The molecule has 0 heterocycles. The summed E-state index contributed by atoms with van der Waals surface area (Å²) in [4.78, 5) is 0. The SMILES string of the molecule is COc1ccc(Br)cc1CN(C)S(=O)(=O)N(C)C. The minimum absolute atomic E-state index is 0.253. The van der Waals surface area contributed by atoms with Crippen molar-refractivity contribution in [1.82, 2.24) is 8.61 Å². The second-order valence-corrected chi connectivity index (χ2v) is 7.17. The van der Waals surface area contributed by atoms with E-state index in [0.717, 1.165) is 10.0 Å². The second-order valence-electron chi connectivity index (χ2n) is 4.00. The standard InChI is InChI=1S/C11H17BrN2O3S/c1-13(2)18(15,16)14(3)8-9-7-10(12)5-6-11(9)17-4/h5-7H,8H2,1-4H3. The molecule has 0 saturated carbocycles. The van der Waals surface area contributed by atoms with E-state index in [4.69, 9.17) is 4.74 Å². The van der Waals surface area contributed by atoms with Gasteiger partial charge in [0, 0.05) is 37.7 Å². The van der Waals surface area contributed by atoms with Crippen LogP contribution in [0.2, 0.25) is 0 Å². The van der Waals surface area contributed by atoms with Gasteiger partial charge in [-0.25, -0.2) is 0 Å². The predicted octanol–water partition coefficient (Wildman–Crippen LogP) is 1.70. The fraction of sp³-hybridized carbons (Fsp3) is 0.455. The maximum absolute atomic E-state index is 11.9. The monoisotopic (exact) mass is 336 g/mol. The topological polar surface area (TPSA) is 49.9 Å². The lowest BCUT2D eigenvalue weighted by Crippen LogP contribution is -2.36. The van der Waals surface area contributed by atoms with Gasteiger partial charge in [0.2, 0.25) is 0 Å². The van der Waals surface area contributed by atoms with E-state index in [1.165, 1.54) is 29.8 Å². The molecule has 1 aromatic carbocycles. The molecule has 102 valence electrons. The van der Waals surface area contributed by atoms with Gasteiger partial charge in [0.15, 0.2) is 0 Å². The maximum Gasteiger partial charge on any atom is 0.281 e. The van der Waals surface area contributed by atoms with Crippen LogP contribution in [0.5, 0.6) is 5.75 Å². The molecule has 0 aliphatic rings. The van der Waals surface area contributed by atoms with E-state index in [9.17, 15) is 8.42 Å². The molecule has 0 radical (unpaired) electrons.